The number of ether oxygens (including phenoxy) is 6. The topological polar surface area (TPSA) is 225 Å². The van der Waals surface area contributed by atoms with Gasteiger partial charge in [-0.25, -0.2) is 4.79 Å². The van der Waals surface area contributed by atoms with Crippen LogP contribution in [0.5, 0.6) is 0 Å². The number of carbonyl (C=O) groups is 6. The number of nitrogens with zero attached hydrogens (tertiary/aromatic N) is 2. The molecule has 17 heteroatoms. The molecule has 4 fully saturated rings. The van der Waals surface area contributed by atoms with Crippen LogP contribution in [0, 0.1) is 35.5 Å². The molecule has 1 saturated carbocycles. The second-order valence-electron chi connectivity index (χ2n) is 22.6. The van der Waals surface area contributed by atoms with Crippen molar-refractivity contribution in [2.45, 2.75) is 199 Å². The van der Waals surface area contributed by atoms with Crippen molar-refractivity contribution in [2.75, 3.05) is 47.5 Å². The zero-order valence-corrected chi connectivity index (χ0v) is 46.5. The lowest BCUT2D eigenvalue weighted by atomic mass is 9.78. The van der Waals surface area contributed by atoms with E-state index in [1.807, 2.05) is 63.0 Å². The van der Waals surface area contributed by atoms with Gasteiger partial charge in [-0.3, -0.25) is 28.9 Å². The van der Waals surface area contributed by atoms with Crippen molar-refractivity contribution in [2.24, 2.45) is 35.5 Å². The summed E-state index contributed by atoms with van der Waals surface area (Å²) in [4.78, 5) is 87.6. The molecule has 1 aliphatic carbocycles. The standard InChI is InChI=1S/C58H90N2O15/c1-35-16-12-11-13-17-36(2)48(70-8)32-44-21-19-41(7)58(69,75-44)55(66)56(67)60-25-15-14-18-45(60)57(68)74-49(33-46(62)37(3)29-40(6)53(65)54(72-10)52(64)39(5)28-35)38(4)30-42-20-22-47(50(31-42)71-9)73-51(63)34-59-26-23-43(61)24-27-59/h11-13,16-17,29,35,38-45,47-50,53-54,61,65,69H,14-15,18-28,30-34H2,1-10H3/t35-,38-,39-,40?,41-,42+,44+,45+,47-,48+,49+,50-,53-,54+,58-/m1/s1. The summed E-state index contributed by atoms with van der Waals surface area (Å²) >= 11 is 0. The van der Waals surface area contributed by atoms with Crippen LogP contribution in [0.15, 0.2) is 47.6 Å². The fourth-order valence-corrected chi connectivity index (χ4v) is 11.7. The van der Waals surface area contributed by atoms with E-state index >= 15 is 0 Å². The van der Waals surface area contributed by atoms with Crippen LogP contribution in [-0.2, 0) is 57.2 Å². The maximum atomic E-state index is 14.6. The number of hydrogen-bond donors (Lipinski definition) is 3. The zero-order valence-electron chi connectivity index (χ0n) is 46.5. The maximum Gasteiger partial charge on any atom is 0.329 e. The summed E-state index contributed by atoms with van der Waals surface area (Å²) in [5.74, 6) is -8.63. The molecule has 0 aromatic heterocycles. The Kier molecular flexibility index (Phi) is 24.1. The van der Waals surface area contributed by atoms with Gasteiger partial charge in [-0.1, -0.05) is 71.1 Å². The lowest BCUT2D eigenvalue weighted by Crippen LogP contribution is -2.61. The molecule has 17 nitrogen and oxygen atoms in total. The van der Waals surface area contributed by atoms with Gasteiger partial charge in [0.1, 0.15) is 24.4 Å². The van der Waals surface area contributed by atoms with Crippen LogP contribution in [0.1, 0.15) is 138 Å². The number of rotatable bonds is 9. The minimum absolute atomic E-state index is 0.00537. The highest BCUT2D eigenvalue weighted by Gasteiger charge is 2.53. The van der Waals surface area contributed by atoms with Crippen LogP contribution in [-0.4, -0.2) is 168 Å². The number of cyclic esters (lactones) is 1. The predicted molar refractivity (Wildman–Crippen MR) is 281 cm³/mol. The lowest BCUT2D eigenvalue weighted by molar-refractivity contribution is -0.265. The first-order valence-electron chi connectivity index (χ1n) is 27.7. The summed E-state index contributed by atoms with van der Waals surface area (Å²) in [5.41, 5.74) is 1.16. The monoisotopic (exact) mass is 1050 g/mol. The van der Waals surface area contributed by atoms with E-state index in [0.717, 1.165) is 5.57 Å². The fourth-order valence-electron chi connectivity index (χ4n) is 11.7. The van der Waals surface area contributed by atoms with Gasteiger partial charge in [0.15, 0.2) is 11.6 Å². The Labute approximate surface area is 445 Å². The maximum absolute atomic E-state index is 14.6. The van der Waals surface area contributed by atoms with E-state index in [1.54, 1.807) is 41.1 Å². The molecule has 5 aliphatic rings. The van der Waals surface area contributed by atoms with Crippen molar-refractivity contribution < 1.29 is 72.5 Å². The van der Waals surface area contributed by atoms with Crippen molar-refractivity contribution in [3.05, 3.63) is 47.6 Å². The van der Waals surface area contributed by atoms with Gasteiger partial charge in [-0.2, -0.15) is 0 Å². The molecule has 0 spiro atoms. The van der Waals surface area contributed by atoms with Gasteiger partial charge in [0.2, 0.25) is 5.79 Å². The highest BCUT2D eigenvalue weighted by atomic mass is 16.6. The van der Waals surface area contributed by atoms with Gasteiger partial charge < -0.3 is 48.6 Å². The molecule has 75 heavy (non-hydrogen) atoms. The molecular formula is C58H90N2O15. The molecule has 1 amide bonds. The van der Waals surface area contributed by atoms with Gasteiger partial charge in [-0.05, 0) is 120 Å². The molecule has 15 atom stereocenters. The number of hydrogen-bond acceptors (Lipinski definition) is 16. The number of aliphatic hydroxyl groups is 3. The van der Waals surface area contributed by atoms with Crippen molar-refractivity contribution in [3.8, 4) is 0 Å². The Hall–Kier alpha value is -3.94. The fraction of sp³-hybridized carbons (Fsp3) is 0.759. The van der Waals surface area contributed by atoms with Crippen LogP contribution in [0.25, 0.3) is 0 Å². The average molecular weight is 1060 g/mol. The normalized spacial score (nSPS) is 36.0. The van der Waals surface area contributed by atoms with Crippen LogP contribution in [0.3, 0.4) is 0 Å². The first kappa shape index (κ1) is 61.9. The van der Waals surface area contributed by atoms with E-state index < -0.39 is 95.9 Å². The van der Waals surface area contributed by atoms with Gasteiger partial charge in [0.25, 0.3) is 11.7 Å². The van der Waals surface area contributed by atoms with Gasteiger partial charge >= 0.3 is 11.9 Å². The lowest BCUT2D eigenvalue weighted by Gasteiger charge is -2.42. The molecule has 4 aliphatic heterocycles. The van der Waals surface area contributed by atoms with Crippen molar-refractivity contribution in [1.29, 1.82) is 0 Å². The third-order valence-electron chi connectivity index (χ3n) is 16.7. The summed E-state index contributed by atoms with van der Waals surface area (Å²) < 4.78 is 35.8. The van der Waals surface area contributed by atoms with E-state index in [4.69, 9.17) is 28.4 Å². The smallest absolute Gasteiger partial charge is 0.329 e. The van der Waals surface area contributed by atoms with Crippen molar-refractivity contribution in [1.82, 2.24) is 9.80 Å². The Morgan fingerprint density at radius 3 is 2.23 bits per heavy atom. The van der Waals surface area contributed by atoms with E-state index in [9.17, 15) is 44.1 Å². The van der Waals surface area contributed by atoms with Gasteiger partial charge in [0.05, 0.1) is 37.1 Å². The molecule has 0 aromatic carbocycles. The quantitative estimate of drug-likeness (QED) is 0.173. The number of amides is 1. The third kappa shape index (κ3) is 17.0. The summed E-state index contributed by atoms with van der Waals surface area (Å²) in [6.45, 7) is 14.0. The molecule has 422 valence electrons. The summed E-state index contributed by atoms with van der Waals surface area (Å²) in [6, 6.07) is -1.18. The molecular weight excluding hydrogens is 965 g/mol. The molecule has 1 unspecified atom stereocenters. The number of methoxy groups -OCH3 is 3. The van der Waals surface area contributed by atoms with Gasteiger partial charge in [0, 0.05) is 71.6 Å². The van der Waals surface area contributed by atoms with Gasteiger partial charge in [-0.15, -0.1) is 0 Å². The molecule has 0 aromatic rings. The van der Waals surface area contributed by atoms with Crippen LogP contribution < -0.4 is 0 Å². The Morgan fingerprint density at radius 2 is 1.55 bits per heavy atom. The SMILES string of the molecule is CO[C@H]1C[C@@H]2CC[C@@H](C)[C@@](O)(O2)C(=O)C(=O)N2CCCC[C@H]2C(=O)O[C@H]([C@H](C)C[C@@H]2CC[C@@H](OC(=O)CN3CCC(O)CC3)[C@H](OC)C2)CC(=O)C(C)=CC(C)[C@@H](O)[C@@H](OC)C(=O)[C@H](C)C[C@H](C)C=CC=CC=C1C. The summed E-state index contributed by atoms with van der Waals surface area (Å²) in [5, 5.41) is 33.5. The Morgan fingerprint density at radius 1 is 0.827 bits per heavy atom. The number of fused-ring (bicyclic) bond motifs is 3. The highest BCUT2D eigenvalue weighted by molar-refractivity contribution is 6.39. The molecule has 4 heterocycles. The molecule has 5 rings (SSSR count). The molecule has 3 N–H and O–H groups in total. The minimum atomic E-state index is -2.46. The van der Waals surface area contributed by atoms with Crippen LogP contribution in [0.2, 0.25) is 0 Å². The van der Waals surface area contributed by atoms with E-state index in [2.05, 4.69) is 0 Å². The number of ketones is 3. The summed E-state index contributed by atoms with van der Waals surface area (Å²) in [6.07, 6.45) is 11.7. The number of piperidine rings is 2. The van der Waals surface area contributed by atoms with Crippen molar-refractivity contribution in [3.63, 3.8) is 0 Å². The zero-order chi connectivity index (χ0) is 55.1. The van der Waals surface area contributed by atoms with E-state index in [-0.39, 0.29) is 61.4 Å². The number of Topliss-reactive ketones (excluding diaryl/α,β-unsaturated/α-hetero) is 3. The third-order valence-corrected chi connectivity index (χ3v) is 16.7. The average Bonchev–Trinajstić information content (AvgIpc) is 3.38. The second kappa shape index (κ2) is 29.2. The van der Waals surface area contributed by atoms with Crippen molar-refractivity contribution >= 4 is 35.2 Å². The molecule has 0 radical (unpaired) electrons. The largest absolute Gasteiger partial charge is 0.460 e. The first-order valence-corrected chi connectivity index (χ1v) is 27.7. The number of aliphatic hydroxyl groups excluding tert-OH is 2. The second-order valence-corrected chi connectivity index (χ2v) is 22.6. The molecule has 3 saturated heterocycles. The van der Waals surface area contributed by atoms with E-state index in [0.29, 0.717) is 95.7 Å². The number of allylic oxidation sites excluding steroid dienone is 6. The highest BCUT2D eigenvalue weighted by Crippen LogP contribution is 2.38. The number of esters is 2. The van der Waals surface area contributed by atoms with Crippen LogP contribution in [0.4, 0.5) is 0 Å². The van der Waals surface area contributed by atoms with Crippen LogP contribution >= 0.6 is 0 Å². The van der Waals surface area contributed by atoms with E-state index in [1.165, 1.54) is 12.0 Å². The molecule has 2 bridgehead atoms. The first-order chi connectivity index (χ1) is 35.6. The summed E-state index contributed by atoms with van der Waals surface area (Å²) in [7, 11) is 4.54. The Balaban J connectivity index is 1.42. The minimum Gasteiger partial charge on any atom is -0.460 e. The number of carbonyl (C=O) groups excluding carboxylic acids is 6. The number of likely N-dealkylation sites (tertiary alicyclic amines) is 1. The predicted octanol–water partition coefficient (Wildman–Crippen LogP) is 6.19. The Bertz CT molecular complexity index is 2060.